The number of carbonyl (C=O) groups excluding carboxylic acids is 1. The predicted molar refractivity (Wildman–Crippen MR) is 81.2 cm³/mol. The van der Waals surface area contributed by atoms with E-state index in [4.69, 9.17) is 0 Å². The maximum atomic E-state index is 13.2. The van der Waals surface area contributed by atoms with Crippen molar-refractivity contribution < 1.29 is 23.1 Å². The van der Waals surface area contributed by atoms with E-state index < -0.39 is 23.9 Å². The van der Waals surface area contributed by atoms with Gasteiger partial charge in [0.15, 0.2) is 5.69 Å². The van der Waals surface area contributed by atoms with Crippen LogP contribution in [0.4, 0.5) is 13.2 Å². The van der Waals surface area contributed by atoms with Crippen molar-refractivity contribution in [1.29, 1.82) is 0 Å². The average Bonchev–Trinajstić information content (AvgIpc) is 2.52. The second-order valence-corrected chi connectivity index (χ2v) is 6.12. The number of fused-ring (bicyclic) bond motifs is 1. The van der Waals surface area contributed by atoms with E-state index in [0.29, 0.717) is 37.9 Å². The normalized spacial score (nSPS) is 18.8. The number of rotatable bonds is 5. The van der Waals surface area contributed by atoms with Crippen LogP contribution in [-0.4, -0.2) is 33.6 Å². The van der Waals surface area contributed by atoms with Crippen LogP contribution in [0.3, 0.4) is 0 Å². The average molecular weight is 345 g/mol. The van der Waals surface area contributed by atoms with Gasteiger partial charge in [0.2, 0.25) is 5.91 Å². The Morgan fingerprint density at radius 2 is 2.12 bits per heavy atom. The summed E-state index contributed by atoms with van der Waals surface area (Å²) in [4.78, 5) is 19.8. The highest BCUT2D eigenvalue weighted by molar-refractivity contribution is 5.79. The Kier molecular flexibility index (Phi) is 5.79. The number of nitrogens with one attached hydrogen (secondary N) is 1. The minimum atomic E-state index is -4.55. The summed E-state index contributed by atoms with van der Waals surface area (Å²) in [7, 11) is 0. The van der Waals surface area contributed by atoms with Gasteiger partial charge >= 0.3 is 6.18 Å². The first-order valence-electron chi connectivity index (χ1n) is 8.11. The fraction of sp³-hybridized carbons (Fsp3) is 0.688. The van der Waals surface area contributed by atoms with Crippen LogP contribution in [-0.2, 0) is 23.8 Å². The fourth-order valence-electron chi connectivity index (χ4n) is 2.90. The van der Waals surface area contributed by atoms with Crippen molar-refractivity contribution in [3.05, 3.63) is 22.8 Å². The smallest absolute Gasteiger partial charge is 0.393 e. The van der Waals surface area contributed by atoms with Gasteiger partial charge in [-0.25, -0.2) is 9.97 Å². The minimum Gasteiger partial charge on any atom is -0.393 e. The number of halogens is 3. The summed E-state index contributed by atoms with van der Waals surface area (Å²) in [5.74, 6) is -0.709. The first kappa shape index (κ1) is 18.6. The van der Waals surface area contributed by atoms with E-state index >= 15 is 0 Å². The number of carbonyl (C=O) groups is 1. The molecule has 0 aliphatic heterocycles. The van der Waals surface area contributed by atoms with Crippen LogP contribution in [0.2, 0.25) is 0 Å². The Labute approximate surface area is 138 Å². The zero-order chi connectivity index (χ0) is 17.9. The highest BCUT2D eigenvalue weighted by atomic mass is 19.4. The maximum Gasteiger partial charge on any atom is 0.433 e. The number of nitrogens with zero attached hydrogens (tertiary/aromatic N) is 2. The molecule has 134 valence electrons. The van der Waals surface area contributed by atoms with Crippen LogP contribution in [0, 0.1) is 12.8 Å². The van der Waals surface area contributed by atoms with Gasteiger partial charge in [-0.1, -0.05) is 6.92 Å². The molecule has 0 bridgehead atoms. The summed E-state index contributed by atoms with van der Waals surface area (Å²) in [5, 5.41) is 12.2. The van der Waals surface area contributed by atoms with Crippen molar-refractivity contribution in [2.75, 3.05) is 6.54 Å². The largest absolute Gasteiger partial charge is 0.433 e. The van der Waals surface area contributed by atoms with Crippen molar-refractivity contribution in [3.8, 4) is 0 Å². The lowest BCUT2D eigenvalue weighted by Crippen LogP contribution is -2.36. The Morgan fingerprint density at radius 3 is 2.75 bits per heavy atom. The van der Waals surface area contributed by atoms with Gasteiger partial charge in [-0.05, 0) is 39.0 Å². The van der Waals surface area contributed by atoms with E-state index in [9.17, 15) is 23.1 Å². The molecule has 0 aromatic carbocycles. The van der Waals surface area contributed by atoms with Gasteiger partial charge in [0.25, 0.3) is 0 Å². The summed E-state index contributed by atoms with van der Waals surface area (Å²) < 4.78 is 39.6. The number of alkyl halides is 3. The van der Waals surface area contributed by atoms with Crippen molar-refractivity contribution in [1.82, 2.24) is 15.3 Å². The molecule has 5 nitrogen and oxygen atoms in total. The number of aryl methyl sites for hydroxylation is 2. The molecule has 1 aliphatic rings. The molecule has 0 radical (unpaired) electrons. The summed E-state index contributed by atoms with van der Waals surface area (Å²) in [6.45, 7) is 3.59. The molecule has 0 saturated carbocycles. The van der Waals surface area contributed by atoms with Crippen LogP contribution in [0.15, 0.2) is 0 Å². The fourth-order valence-corrected chi connectivity index (χ4v) is 2.90. The number of aromatic nitrogens is 2. The zero-order valence-corrected chi connectivity index (χ0v) is 13.8. The van der Waals surface area contributed by atoms with Gasteiger partial charge < -0.3 is 10.4 Å². The number of hydrogen-bond donors (Lipinski definition) is 2. The molecule has 24 heavy (non-hydrogen) atoms. The van der Waals surface area contributed by atoms with Crippen LogP contribution >= 0.6 is 0 Å². The van der Waals surface area contributed by atoms with E-state index in [0.717, 1.165) is 0 Å². The van der Waals surface area contributed by atoms with Gasteiger partial charge in [0.05, 0.1) is 6.10 Å². The monoisotopic (exact) mass is 345 g/mol. The van der Waals surface area contributed by atoms with Gasteiger partial charge in [0.1, 0.15) is 5.82 Å². The summed E-state index contributed by atoms with van der Waals surface area (Å²) in [6.07, 6.45) is -3.22. The molecule has 1 aromatic rings. The lowest BCUT2D eigenvalue weighted by atomic mass is 9.85. The molecule has 2 rings (SSSR count). The van der Waals surface area contributed by atoms with E-state index in [1.165, 1.54) is 6.92 Å². The third-order valence-corrected chi connectivity index (χ3v) is 4.27. The molecule has 0 spiro atoms. The Morgan fingerprint density at radius 1 is 1.42 bits per heavy atom. The second-order valence-electron chi connectivity index (χ2n) is 6.12. The maximum absolute atomic E-state index is 13.2. The van der Waals surface area contributed by atoms with E-state index in [-0.39, 0.29) is 23.7 Å². The van der Waals surface area contributed by atoms with Crippen molar-refractivity contribution >= 4 is 5.91 Å². The van der Waals surface area contributed by atoms with Crippen LogP contribution < -0.4 is 5.32 Å². The van der Waals surface area contributed by atoms with Gasteiger partial charge in [-0.15, -0.1) is 0 Å². The molecule has 1 heterocycles. The van der Waals surface area contributed by atoms with Crippen LogP contribution in [0.25, 0.3) is 0 Å². The molecule has 2 atom stereocenters. The van der Waals surface area contributed by atoms with E-state index in [1.54, 1.807) is 0 Å². The Balaban J connectivity index is 2.09. The van der Waals surface area contributed by atoms with Gasteiger partial charge in [0, 0.05) is 23.7 Å². The molecule has 2 N–H and O–H groups in total. The number of aliphatic hydroxyl groups excluding tert-OH is 1. The summed E-state index contributed by atoms with van der Waals surface area (Å²) >= 11 is 0. The Hall–Kier alpha value is -1.70. The molecule has 8 heteroatoms. The SMILES string of the molecule is CCC(O)CCNC(=O)C1CCc2nc(C)nc(C(F)(F)F)c2C1. The lowest BCUT2D eigenvalue weighted by Gasteiger charge is -2.25. The number of aliphatic hydroxyl groups is 1. The molecule has 1 amide bonds. The molecule has 0 saturated heterocycles. The molecular weight excluding hydrogens is 323 g/mol. The molecule has 2 unspecified atom stereocenters. The van der Waals surface area contributed by atoms with Gasteiger partial charge in [-0.2, -0.15) is 13.2 Å². The molecule has 1 aliphatic carbocycles. The van der Waals surface area contributed by atoms with Gasteiger partial charge in [-0.3, -0.25) is 4.79 Å². The topological polar surface area (TPSA) is 75.1 Å². The standard InChI is InChI=1S/C16H22F3N3O2/c1-3-11(23)6-7-20-15(24)10-4-5-13-12(8-10)14(16(17,18)19)22-9(2)21-13/h10-11,23H,3-8H2,1-2H3,(H,20,24). The van der Waals surface area contributed by atoms with Crippen LogP contribution in [0.1, 0.15) is 49.0 Å². The summed E-state index contributed by atoms with van der Waals surface area (Å²) in [5.41, 5.74) is -0.503. The third-order valence-electron chi connectivity index (χ3n) is 4.27. The lowest BCUT2D eigenvalue weighted by molar-refractivity contribution is -0.142. The Bertz CT molecular complexity index is 605. The number of hydrogen-bond acceptors (Lipinski definition) is 4. The highest BCUT2D eigenvalue weighted by Gasteiger charge is 2.39. The van der Waals surface area contributed by atoms with E-state index in [2.05, 4.69) is 15.3 Å². The number of amides is 1. The van der Waals surface area contributed by atoms with Crippen LogP contribution in [0.5, 0.6) is 0 Å². The summed E-state index contributed by atoms with van der Waals surface area (Å²) in [6, 6.07) is 0. The van der Waals surface area contributed by atoms with Crippen molar-refractivity contribution in [2.45, 2.75) is 58.2 Å². The predicted octanol–water partition coefficient (Wildman–Crippen LogP) is 2.19. The first-order chi connectivity index (χ1) is 11.2. The molecule has 0 fully saturated rings. The van der Waals surface area contributed by atoms with Crippen molar-refractivity contribution in [2.24, 2.45) is 5.92 Å². The third kappa shape index (κ3) is 4.43. The van der Waals surface area contributed by atoms with Crippen molar-refractivity contribution in [3.63, 3.8) is 0 Å². The second kappa shape index (κ2) is 7.46. The minimum absolute atomic E-state index is 0.00732. The highest BCUT2D eigenvalue weighted by Crippen LogP contribution is 2.35. The zero-order valence-electron chi connectivity index (χ0n) is 13.8. The van der Waals surface area contributed by atoms with E-state index in [1.807, 2.05) is 6.92 Å². The molecule has 1 aromatic heterocycles. The first-order valence-corrected chi connectivity index (χ1v) is 8.11. The molecular formula is C16H22F3N3O2. The quantitative estimate of drug-likeness (QED) is 0.858.